The number of carbonyl (C=O) groups excluding carboxylic acids is 2. The van der Waals surface area contributed by atoms with E-state index in [0.717, 1.165) is 39.3 Å². The van der Waals surface area contributed by atoms with Gasteiger partial charge in [-0.25, -0.2) is 0 Å². The Balaban J connectivity index is 0.000000188. The zero-order valence-corrected chi connectivity index (χ0v) is 34.2. The molecule has 0 bridgehead atoms. The van der Waals surface area contributed by atoms with E-state index in [-0.39, 0.29) is 18.8 Å². The Morgan fingerprint density at radius 2 is 1.14 bits per heavy atom. The van der Waals surface area contributed by atoms with Crippen molar-refractivity contribution in [1.82, 2.24) is 34.8 Å². The monoisotopic (exact) mass is 836 g/mol. The quantitative estimate of drug-likeness (QED) is 0.147. The van der Waals surface area contributed by atoms with Crippen LogP contribution >= 0.6 is 23.2 Å². The summed E-state index contributed by atoms with van der Waals surface area (Å²) in [5.41, 5.74) is 6.33. The van der Waals surface area contributed by atoms with Gasteiger partial charge in [-0.1, -0.05) is 47.5 Å². The van der Waals surface area contributed by atoms with Crippen LogP contribution in [-0.2, 0) is 14.3 Å². The molecular weight excluding hydrogens is 793 g/mol. The second-order valence-electron chi connectivity index (χ2n) is 13.4. The number of aryl methyl sites for hydroxylation is 2. The lowest BCUT2D eigenvalue weighted by Crippen LogP contribution is -2.25. The van der Waals surface area contributed by atoms with Crippen LogP contribution in [-0.4, -0.2) is 80.7 Å². The number of amides is 1. The van der Waals surface area contributed by atoms with Gasteiger partial charge in [0.05, 0.1) is 57.0 Å². The van der Waals surface area contributed by atoms with Crippen LogP contribution in [0.5, 0.6) is 11.5 Å². The third-order valence-electron chi connectivity index (χ3n) is 9.75. The molecular formula is C43H41Cl2N9O5. The fourth-order valence-electron chi connectivity index (χ4n) is 6.94. The minimum absolute atomic E-state index is 0.0524. The summed E-state index contributed by atoms with van der Waals surface area (Å²) in [7, 11) is 4.57. The van der Waals surface area contributed by atoms with Gasteiger partial charge in [-0.15, -0.1) is 20.4 Å². The van der Waals surface area contributed by atoms with E-state index < -0.39 is 31.4 Å². The lowest BCUT2D eigenvalue weighted by molar-refractivity contribution is -0.141. The van der Waals surface area contributed by atoms with E-state index in [1.165, 1.54) is 7.11 Å². The fraction of sp³-hybridized carbons (Fsp3) is 0.256. The molecule has 302 valence electrons. The average Bonchev–Trinajstić information content (AvgIpc) is 3.76. The Morgan fingerprint density at radius 3 is 1.56 bits per heavy atom. The van der Waals surface area contributed by atoms with Crippen LogP contribution in [0.1, 0.15) is 81.4 Å². The molecule has 16 heteroatoms. The maximum absolute atomic E-state index is 12.6. The number of rotatable bonds is 9. The molecule has 0 aliphatic carbocycles. The van der Waals surface area contributed by atoms with Crippen molar-refractivity contribution in [3.05, 3.63) is 141 Å². The van der Waals surface area contributed by atoms with Gasteiger partial charge >= 0.3 is 5.97 Å². The van der Waals surface area contributed by atoms with Crippen LogP contribution in [0.15, 0.2) is 94.9 Å². The Bertz CT molecular complexity index is 2700. The van der Waals surface area contributed by atoms with Crippen molar-refractivity contribution in [2.75, 3.05) is 27.9 Å². The molecule has 2 aromatic heterocycles. The zero-order valence-electron chi connectivity index (χ0n) is 35.7. The summed E-state index contributed by atoms with van der Waals surface area (Å²) in [4.78, 5) is 34.6. The molecule has 2 atom stereocenters. The van der Waals surface area contributed by atoms with Gasteiger partial charge in [-0.2, -0.15) is 0 Å². The number of benzene rings is 4. The lowest BCUT2D eigenvalue weighted by Gasteiger charge is -2.14. The predicted molar refractivity (Wildman–Crippen MR) is 225 cm³/mol. The van der Waals surface area contributed by atoms with Crippen LogP contribution in [0.25, 0.3) is 11.4 Å². The summed E-state index contributed by atoms with van der Waals surface area (Å²) in [6, 6.07) is 24.8. The smallest absolute Gasteiger partial charge is 0.308 e. The first-order chi connectivity index (χ1) is 29.7. The second-order valence-corrected chi connectivity index (χ2v) is 14.3. The number of methoxy groups -OCH3 is 3. The Morgan fingerprint density at radius 1 is 0.678 bits per heavy atom. The van der Waals surface area contributed by atoms with Crippen LogP contribution in [0, 0.1) is 13.8 Å². The summed E-state index contributed by atoms with van der Waals surface area (Å²) in [6.45, 7) is 1.01. The number of nitrogens with zero attached hydrogens (tertiary/aromatic N) is 8. The van der Waals surface area contributed by atoms with E-state index >= 15 is 0 Å². The highest BCUT2D eigenvalue weighted by atomic mass is 35.5. The van der Waals surface area contributed by atoms with Gasteiger partial charge < -0.3 is 19.5 Å². The summed E-state index contributed by atoms with van der Waals surface area (Å²) < 4.78 is 41.5. The van der Waals surface area contributed by atoms with E-state index in [4.69, 9.17) is 51.5 Å². The fourth-order valence-corrected chi connectivity index (χ4v) is 7.19. The van der Waals surface area contributed by atoms with Gasteiger partial charge in [0.25, 0.3) is 0 Å². The highest BCUT2D eigenvalue weighted by Crippen LogP contribution is 2.36. The topological polar surface area (TPSA) is 160 Å². The molecule has 0 fully saturated rings. The van der Waals surface area contributed by atoms with Crippen LogP contribution < -0.4 is 14.8 Å². The van der Waals surface area contributed by atoms with Gasteiger partial charge in [0.2, 0.25) is 5.91 Å². The van der Waals surface area contributed by atoms with Crippen molar-refractivity contribution >= 4 is 46.5 Å². The highest BCUT2D eigenvalue weighted by molar-refractivity contribution is 6.31. The van der Waals surface area contributed by atoms with Crippen LogP contribution in [0.2, 0.25) is 10.0 Å². The maximum atomic E-state index is 12.6. The summed E-state index contributed by atoms with van der Waals surface area (Å²) in [5.74, 6) is 2.96. The summed E-state index contributed by atoms with van der Waals surface area (Å²) in [5, 5.41) is 20.7. The average molecular weight is 838 g/mol. The molecule has 0 spiro atoms. The van der Waals surface area contributed by atoms with Gasteiger partial charge in [0, 0.05) is 43.0 Å². The van der Waals surface area contributed by atoms with E-state index in [2.05, 4.69) is 25.7 Å². The minimum Gasteiger partial charge on any atom is -0.497 e. The number of aliphatic imine (C=N–C) groups is 2. The highest BCUT2D eigenvalue weighted by Gasteiger charge is 2.32. The molecule has 8 rings (SSSR count). The number of ether oxygens (including phenoxy) is 3. The normalized spacial score (nSPS) is 15.9. The molecule has 1 N–H and O–H groups in total. The summed E-state index contributed by atoms with van der Waals surface area (Å²) in [6.07, 6.45) is -0.0345. The minimum atomic E-state index is -2.26. The van der Waals surface area contributed by atoms with E-state index in [1.54, 1.807) is 26.4 Å². The molecule has 1 amide bonds. The molecule has 59 heavy (non-hydrogen) atoms. The molecule has 0 unspecified atom stereocenters. The Labute approximate surface area is 355 Å². The summed E-state index contributed by atoms with van der Waals surface area (Å²) >= 11 is 12.2. The van der Waals surface area contributed by atoms with E-state index in [0.29, 0.717) is 50.6 Å². The third kappa shape index (κ3) is 8.45. The molecule has 0 saturated carbocycles. The van der Waals surface area contributed by atoms with Crippen molar-refractivity contribution in [3.8, 4) is 22.9 Å². The number of aromatic nitrogens is 6. The van der Waals surface area contributed by atoms with Crippen molar-refractivity contribution in [2.45, 2.75) is 45.6 Å². The molecule has 0 saturated heterocycles. The van der Waals surface area contributed by atoms with Crippen LogP contribution in [0.3, 0.4) is 0 Å². The molecule has 0 radical (unpaired) electrons. The van der Waals surface area contributed by atoms with E-state index in [1.807, 2.05) is 95.8 Å². The number of esters is 1. The van der Waals surface area contributed by atoms with Gasteiger partial charge in [-0.3, -0.25) is 28.7 Å². The largest absolute Gasteiger partial charge is 0.497 e. The van der Waals surface area contributed by atoms with Crippen molar-refractivity contribution in [2.24, 2.45) is 9.98 Å². The van der Waals surface area contributed by atoms with Crippen molar-refractivity contribution in [3.63, 3.8) is 0 Å². The number of hydrogen-bond acceptors (Lipinski definition) is 11. The number of nitrogens with one attached hydrogen (secondary N) is 1. The van der Waals surface area contributed by atoms with Gasteiger partial charge in [-0.05, 0) is 81.4 Å². The second kappa shape index (κ2) is 17.6. The molecule has 6 aromatic rings. The first-order valence-corrected chi connectivity index (χ1v) is 19.2. The Kier molecular flexibility index (Phi) is 11.0. The van der Waals surface area contributed by atoms with Crippen molar-refractivity contribution in [1.29, 1.82) is 0 Å². The molecule has 2 aliphatic heterocycles. The number of carbonyl (C=O) groups is 2. The number of halogens is 2. The van der Waals surface area contributed by atoms with Gasteiger partial charge in [0.15, 0.2) is 11.6 Å². The molecule has 14 nitrogen and oxygen atoms in total. The SMILES string of the molecule is COC(=O)C[C@@H]1N=C(c2ccc(Cl)cc2)c2cc(OC)ccc2-n2c(C)nnc21.[2H]C([2H])([2H])CNC(=O)C[C@@H]1N=C(c2ccc(Cl)cc2)c2cc(OC)ccc2-n2c(C)nnc21. The molecule has 2 aliphatic rings. The number of fused-ring (bicyclic) bond motifs is 6. The van der Waals surface area contributed by atoms with E-state index in [9.17, 15) is 9.59 Å². The first-order valence-electron chi connectivity index (χ1n) is 19.9. The first kappa shape index (κ1) is 36.9. The predicted octanol–water partition coefficient (Wildman–Crippen LogP) is 7.35. The zero-order chi connectivity index (χ0) is 44.3. The van der Waals surface area contributed by atoms with Gasteiger partial charge in [0.1, 0.15) is 35.2 Å². The molecule has 4 heterocycles. The number of hydrogen-bond donors (Lipinski definition) is 1. The van der Waals surface area contributed by atoms with Crippen molar-refractivity contribution < 1.29 is 27.9 Å². The third-order valence-corrected chi connectivity index (χ3v) is 10.3. The standard InChI is InChI=1S/C22H22ClN5O2.C21H19ClN4O3/c1-4-24-20(29)12-18-22-27-26-13(2)28(22)19-10-9-16(30-3)11-17(19)21(25-18)14-5-7-15(23)8-6-14;1-12-24-25-21-17(11-19(27)29-3)23-20(13-4-6-14(22)7-5-13)16-10-15(28-2)8-9-18(16)26(12)21/h5-11,18H,4,12H2,1-3H3,(H,24,29);4-10,17H,11H2,1-3H3/t18-;17-/m00/s1/i1D3;. The molecule has 4 aromatic carbocycles. The maximum Gasteiger partial charge on any atom is 0.308 e. The lowest BCUT2D eigenvalue weighted by atomic mass is 10.00. The van der Waals surface area contributed by atoms with Crippen LogP contribution in [0.4, 0.5) is 0 Å². The Hall–Kier alpha value is -6.38.